The van der Waals surface area contributed by atoms with Crippen molar-refractivity contribution in [3.8, 4) is 11.4 Å². The van der Waals surface area contributed by atoms with Gasteiger partial charge in [0.2, 0.25) is 10.0 Å². The molecule has 1 fully saturated rings. The lowest BCUT2D eigenvalue weighted by atomic mass is 10.3. The van der Waals surface area contributed by atoms with E-state index in [0.29, 0.717) is 29.5 Å². The van der Waals surface area contributed by atoms with E-state index in [1.54, 1.807) is 35.2 Å². The molecule has 2 aromatic carbocycles. The first-order chi connectivity index (χ1) is 14.9. The third-order valence-electron chi connectivity index (χ3n) is 4.84. The van der Waals surface area contributed by atoms with Gasteiger partial charge in [-0.25, -0.2) is 13.1 Å². The molecule has 0 N–H and O–H groups in total. The number of tetrazole rings is 1. The maximum Gasteiger partial charge on any atom is 0.260 e. The van der Waals surface area contributed by atoms with Crippen LogP contribution in [0.5, 0.6) is 5.75 Å². The van der Waals surface area contributed by atoms with Crippen LogP contribution in [-0.2, 0) is 14.8 Å². The van der Waals surface area contributed by atoms with E-state index in [9.17, 15) is 13.2 Å². The van der Waals surface area contributed by atoms with Crippen LogP contribution in [0.4, 0.5) is 0 Å². The molecule has 1 aliphatic heterocycles. The van der Waals surface area contributed by atoms with Gasteiger partial charge in [0.25, 0.3) is 5.91 Å². The van der Waals surface area contributed by atoms with Gasteiger partial charge in [-0.1, -0.05) is 17.7 Å². The van der Waals surface area contributed by atoms with Gasteiger partial charge < -0.3 is 9.64 Å². The number of carbonyl (C=O) groups is 1. The molecule has 0 unspecified atom stereocenters. The number of halogens is 1. The van der Waals surface area contributed by atoms with Crippen molar-refractivity contribution in [3.05, 3.63) is 59.9 Å². The molecule has 0 aliphatic carbocycles. The summed E-state index contributed by atoms with van der Waals surface area (Å²) >= 11 is 5.84. The molecule has 0 radical (unpaired) electrons. The van der Waals surface area contributed by atoms with Crippen LogP contribution in [0.2, 0.25) is 5.02 Å². The van der Waals surface area contributed by atoms with E-state index < -0.39 is 10.0 Å². The molecule has 31 heavy (non-hydrogen) atoms. The number of aromatic nitrogens is 4. The second-order valence-corrected chi connectivity index (χ2v) is 9.15. The Labute approximate surface area is 184 Å². The van der Waals surface area contributed by atoms with Crippen LogP contribution >= 0.6 is 11.6 Å². The zero-order valence-corrected chi connectivity index (χ0v) is 17.9. The number of piperazine rings is 1. The summed E-state index contributed by atoms with van der Waals surface area (Å²) in [5.74, 6) is 0.293. The highest BCUT2D eigenvalue weighted by Gasteiger charge is 2.30. The maximum absolute atomic E-state index is 12.8. The minimum absolute atomic E-state index is 0.150. The molecule has 10 nitrogen and oxygen atoms in total. The van der Waals surface area contributed by atoms with Gasteiger partial charge in [0.15, 0.2) is 6.61 Å². The topological polar surface area (TPSA) is 111 Å². The maximum atomic E-state index is 12.8. The van der Waals surface area contributed by atoms with E-state index in [4.69, 9.17) is 16.3 Å². The first-order valence-corrected chi connectivity index (χ1v) is 11.2. The monoisotopic (exact) mass is 462 g/mol. The molecule has 0 saturated carbocycles. The lowest BCUT2D eigenvalue weighted by Gasteiger charge is -2.34. The number of nitrogens with zero attached hydrogens (tertiary/aromatic N) is 6. The molecule has 4 rings (SSSR count). The fourth-order valence-corrected chi connectivity index (χ4v) is 4.71. The summed E-state index contributed by atoms with van der Waals surface area (Å²) in [6.07, 6.45) is 1.46. The summed E-state index contributed by atoms with van der Waals surface area (Å²) in [6, 6.07) is 13.1. The smallest absolute Gasteiger partial charge is 0.260 e. The second kappa shape index (κ2) is 9.00. The van der Waals surface area contributed by atoms with Crippen LogP contribution in [0.3, 0.4) is 0 Å². The number of sulfonamides is 1. The van der Waals surface area contributed by atoms with Gasteiger partial charge in [0.05, 0.1) is 10.6 Å². The van der Waals surface area contributed by atoms with Gasteiger partial charge in [-0.05, 0) is 46.8 Å². The van der Waals surface area contributed by atoms with Crippen molar-refractivity contribution in [2.75, 3.05) is 32.8 Å². The van der Waals surface area contributed by atoms with E-state index in [0.717, 1.165) is 0 Å². The van der Waals surface area contributed by atoms with Crippen molar-refractivity contribution < 1.29 is 17.9 Å². The van der Waals surface area contributed by atoms with E-state index in [1.165, 1.54) is 27.4 Å². The van der Waals surface area contributed by atoms with Gasteiger partial charge in [-0.2, -0.15) is 4.31 Å². The Hall–Kier alpha value is -3.02. The van der Waals surface area contributed by atoms with Crippen molar-refractivity contribution in [2.45, 2.75) is 4.90 Å². The number of hydrogen-bond acceptors (Lipinski definition) is 7. The van der Waals surface area contributed by atoms with Crippen LogP contribution in [0.1, 0.15) is 0 Å². The molecule has 1 amide bonds. The van der Waals surface area contributed by atoms with Gasteiger partial charge in [0, 0.05) is 37.3 Å². The van der Waals surface area contributed by atoms with Crippen molar-refractivity contribution in [2.24, 2.45) is 0 Å². The molecule has 0 spiro atoms. The van der Waals surface area contributed by atoms with Gasteiger partial charge in [0.1, 0.15) is 12.1 Å². The third kappa shape index (κ3) is 4.84. The third-order valence-corrected chi connectivity index (χ3v) is 7.00. The number of hydrogen-bond donors (Lipinski definition) is 0. The molecule has 0 atom stereocenters. The Balaban J connectivity index is 1.32. The Morgan fingerprint density at radius 3 is 2.48 bits per heavy atom. The zero-order valence-electron chi connectivity index (χ0n) is 16.3. The van der Waals surface area contributed by atoms with Crippen molar-refractivity contribution in [1.82, 2.24) is 29.4 Å². The zero-order chi connectivity index (χ0) is 21.8. The number of benzene rings is 2. The highest BCUT2D eigenvalue weighted by atomic mass is 35.5. The number of rotatable bonds is 6. The van der Waals surface area contributed by atoms with Crippen LogP contribution in [0, 0.1) is 0 Å². The number of ether oxygens (including phenoxy) is 1. The van der Waals surface area contributed by atoms with E-state index in [2.05, 4.69) is 15.5 Å². The van der Waals surface area contributed by atoms with Crippen LogP contribution in [-0.4, -0.2) is 76.5 Å². The first kappa shape index (κ1) is 21.2. The Bertz CT molecular complexity index is 1150. The number of carbonyl (C=O) groups excluding carboxylic acids is 1. The Morgan fingerprint density at radius 2 is 1.81 bits per heavy atom. The largest absolute Gasteiger partial charge is 0.484 e. The lowest BCUT2D eigenvalue weighted by Crippen LogP contribution is -2.51. The van der Waals surface area contributed by atoms with E-state index in [-0.39, 0.29) is 30.5 Å². The SMILES string of the molecule is O=C(COc1cccc(-n2cnnn2)c1)N1CCN(S(=O)(=O)c2ccc(Cl)cc2)CC1. The van der Waals surface area contributed by atoms with Gasteiger partial charge in [-0.15, -0.1) is 5.10 Å². The fraction of sp³-hybridized carbons (Fsp3) is 0.263. The molecule has 1 aromatic heterocycles. The summed E-state index contributed by atoms with van der Waals surface area (Å²) in [5.41, 5.74) is 0.705. The van der Waals surface area contributed by atoms with Gasteiger partial charge in [-0.3, -0.25) is 4.79 Å². The molecule has 1 saturated heterocycles. The van der Waals surface area contributed by atoms with Crippen molar-refractivity contribution in [1.29, 1.82) is 0 Å². The van der Waals surface area contributed by atoms with E-state index >= 15 is 0 Å². The highest BCUT2D eigenvalue weighted by molar-refractivity contribution is 7.89. The van der Waals surface area contributed by atoms with Crippen molar-refractivity contribution >= 4 is 27.5 Å². The second-order valence-electron chi connectivity index (χ2n) is 6.78. The molecular weight excluding hydrogens is 444 g/mol. The minimum Gasteiger partial charge on any atom is -0.484 e. The fourth-order valence-electron chi connectivity index (χ4n) is 3.17. The summed E-state index contributed by atoms with van der Waals surface area (Å²) in [5, 5.41) is 11.5. The number of amides is 1. The molecule has 0 bridgehead atoms. The minimum atomic E-state index is -3.62. The van der Waals surface area contributed by atoms with Gasteiger partial charge >= 0.3 is 0 Å². The predicted molar refractivity (Wildman–Crippen MR) is 111 cm³/mol. The quantitative estimate of drug-likeness (QED) is 0.541. The lowest BCUT2D eigenvalue weighted by molar-refractivity contribution is -0.134. The molecule has 12 heteroatoms. The predicted octanol–water partition coefficient (Wildman–Crippen LogP) is 1.23. The normalized spacial score (nSPS) is 15.1. The summed E-state index contributed by atoms with van der Waals surface area (Å²) in [7, 11) is -3.62. The van der Waals surface area contributed by atoms with Crippen LogP contribution in [0.25, 0.3) is 5.69 Å². The first-order valence-electron chi connectivity index (χ1n) is 9.43. The standard InChI is InChI=1S/C19H19ClN6O4S/c20-15-4-6-18(7-5-15)31(28,29)25-10-8-24(9-11-25)19(27)13-30-17-3-1-2-16(12-17)26-14-21-22-23-26/h1-7,12,14H,8-11,13H2. The van der Waals surface area contributed by atoms with Crippen LogP contribution < -0.4 is 4.74 Å². The average molecular weight is 463 g/mol. The van der Waals surface area contributed by atoms with E-state index in [1.807, 2.05) is 6.07 Å². The highest BCUT2D eigenvalue weighted by Crippen LogP contribution is 2.20. The Morgan fingerprint density at radius 1 is 1.06 bits per heavy atom. The van der Waals surface area contributed by atoms with Crippen molar-refractivity contribution in [3.63, 3.8) is 0 Å². The molecule has 162 valence electrons. The molecular formula is C19H19ClN6O4S. The Kier molecular flexibility index (Phi) is 6.16. The summed E-state index contributed by atoms with van der Waals surface area (Å²) < 4.78 is 34.0. The summed E-state index contributed by atoms with van der Waals surface area (Å²) in [4.78, 5) is 14.3. The van der Waals surface area contributed by atoms with Crippen LogP contribution in [0.15, 0.2) is 59.8 Å². The molecule has 3 aromatic rings. The molecule has 1 aliphatic rings. The average Bonchev–Trinajstić information content (AvgIpc) is 3.33. The summed E-state index contributed by atoms with van der Waals surface area (Å²) in [6.45, 7) is 0.860. The molecule has 2 heterocycles.